The lowest BCUT2D eigenvalue weighted by atomic mass is 10.2. The quantitative estimate of drug-likeness (QED) is 0.401. The standard InChI is InChI=1S/C19H14Cl2N4O2S2/c20-14-8-11(17(21)29-14)13-9-28-19(23-13)25-16(26)7-3-6-15-22-12-5-2-1-4-10(12)18(27)24-15/h1-2,4-5,8-9H,3,6-7H2,(H,22,24,27)(H,23,25,26). The summed E-state index contributed by atoms with van der Waals surface area (Å²) in [5, 5.41) is 5.67. The van der Waals surface area contributed by atoms with Gasteiger partial charge in [0.2, 0.25) is 5.91 Å². The average Bonchev–Trinajstić information content (AvgIpc) is 3.27. The molecule has 1 aromatic carbocycles. The predicted octanol–water partition coefficient (Wildman–Crippen LogP) is 5.38. The Morgan fingerprint density at radius 1 is 1.21 bits per heavy atom. The van der Waals surface area contributed by atoms with Gasteiger partial charge in [0.1, 0.15) is 10.2 Å². The van der Waals surface area contributed by atoms with Crippen molar-refractivity contribution < 1.29 is 4.79 Å². The molecule has 0 radical (unpaired) electrons. The van der Waals surface area contributed by atoms with Crippen molar-refractivity contribution in [3.05, 3.63) is 60.6 Å². The van der Waals surface area contributed by atoms with Crippen LogP contribution in [0.5, 0.6) is 0 Å². The number of nitrogens with one attached hydrogen (secondary N) is 2. The second-order valence-corrected chi connectivity index (χ2v) is 9.35. The number of nitrogens with zero attached hydrogens (tertiary/aromatic N) is 2. The van der Waals surface area contributed by atoms with Crippen LogP contribution < -0.4 is 10.9 Å². The third-order valence-electron chi connectivity index (χ3n) is 4.16. The lowest BCUT2D eigenvalue weighted by Gasteiger charge is -2.03. The van der Waals surface area contributed by atoms with E-state index in [4.69, 9.17) is 23.2 Å². The van der Waals surface area contributed by atoms with Crippen LogP contribution in [0.15, 0.2) is 40.5 Å². The lowest BCUT2D eigenvalue weighted by molar-refractivity contribution is -0.116. The Morgan fingerprint density at radius 2 is 2.03 bits per heavy atom. The number of aromatic nitrogens is 3. The molecular weight excluding hydrogens is 451 g/mol. The van der Waals surface area contributed by atoms with E-state index in [0.29, 0.717) is 49.1 Å². The number of benzene rings is 1. The smallest absolute Gasteiger partial charge is 0.258 e. The molecule has 3 heterocycles. The number of aryl methyl sites for hydroxylation is 1. The minimum absolute atomic E-state index is 0.150. The molecule has 0 fully saturated rings. The number of anilines is 1. The summed E-state index contributed by atoms with van der Waals surface area (Å²) in [4.78, 5) is 35.9. The Morgan fingerprint density at radius 3 is 2.83 bits per heavy atom. The Bertz CT molecular complexity index is 1250. The molecule has 148 valence electrons. The molecule has 0 atom stereocenters. The van der Waals surface area contributed by atoms with Gasteiger partial charge in [0.25, 0.3) is 5.56 Å². The van der Waals surface area contributed by atoms with Gasteiger partial charge in [0, 0.05) is 23.8 Å². The fraction of sp³-hybridized carbons (Fsp3) is 0.158. The second kappa shape index (κ2) is 8.62. The van der Waals surface area contributed by atoms with Crippen LogP contribution in [0, 0.1) is 0 Å². The zero-order chi connectivity index (χ0) is 20.4. The molecule has 0 spiro atoms. The average molecular weight is 465 g/mol. The van der Waals surface area contributed by atoms with E-state index in [1.54, 1.807) is 24.3 Å². The van der Waals surface area contributed by atoms with Gasteiger partial charge in [-0.1, -0.05) is 35.3 Å². The van der Waals surface area contributed by atoms with E-state index in [9.17, 15) is 9.59 Å². The van der Waals surface area contributed by atoms with Crippen molar-refractivity contribution >= 4 is 67.8 Å². The SMILES string of the molecule is O=C(CCCc1nc2ccccc2c(=O)[nH]1)Nc1nc(-c2cc(Cl)sc2Cl)cs1. The summed E-state index contributed by atoms with van der Waals surface area (Å²) in [7, 11) is 0. The molecule has 0 bridgehead atoms. The molecule has 0 aliphatic heterocycles. The first-order chi connectivity index (χ1) is 14.0. The number of thiazole rings is 1. The number of rotatable bonds is 6. The van der Waals surface area contributed by atoms with E-state index in [0.717, 1.165) is 5.56 Å². The van der Waals surface area contributed by atoms with Crippen LogP contribution in [0.3, 0.4) is 0 Å². The number of halogens is 2. The van der Waals surface area contributed by atoms with Gasteiger partial charge in [-0.2, -0.15) is 0 Å². The summed E-state index contributed by atoms with van der Waals surface area (Å²) < 4.78 is 1.15. The Kier molecular flexibility index (Phi) is 5.96. The highest BCUT2D eigenvalue weighted by Crippen LogP contribution is 2.38. The first-order valence-electron chi connectivity index (χ1n) is 8.68. The molecule has 4 aromatic rings. The minimum atomic E-state index is -0.169. The van der Waals surface area contributed by atoms with E-state index in [1.165, 1.54) is 22.7 Å². The maximum atomic E-state index is 12.2. The molecular formula is C19H14Cl2N4O2S2. The van der Waals surface area contributed by atoms with Crippen molar-refractivity contribution in [1.29, 1.82) is 0 Å². The molecule has 2 N–H and O–H groups in total. The van der Waals surface area contributed by atoms with Crippen molar-refractivity contribution in [2.75, 3.05) is 5.32 Å². The van der Waals surface area contributed by atoms with Gasteiger partial charge in [-0.05, 0) is 24.6 Å². The molecule has 0 saturated heterocycles. The largest absolute Gasteiger partial charge is 0.310 e. The number of hydrogen-bond acceptors (Lipinski definition) is 6. The lowest BCUT2D eigenvalue weighted by Crippen LogP contribution is -2.14. The van der Waals surface area contributed by atoms with Crippen molar-refractivity contribution in [1.82, 2.24) is 15.0 Å². The third kappa shape index (κ3) is 4.67. The molecule has 0 aliphatic rings. The molecule has 0 aliphatic carbocycles. The van der Waals surface area contributed by atoms with E-state index in [1.807, 2.05) is 11.4 Å². The van der Waals surface area contributed by atoms with Crippen LogP contribution in [-0.2, 0) is 11.2 Å². The monoisotopic (exact) mass is 464 g/mol. The number of hydrogen-bond donors (Lipinski definition) is 2. The van der Waals surface area contributed by atoms with E-state index >= 15 is 0 Å². The van der Waals surface area contributed by atoms with Gasteiger partial charge in [-0.25, -0.2) is 9.97 Å². The number of H-pyrrole nitrogens is 1. The van der Waals surface area contributed by atoms with Crippen LogP contribution in [-0.4, -0.2) is 20.9 Å². The van der Waals surface area contributed by atoms with Gasteiger partial charge in [-0.3, -0.25) is 9.59 Å². The fourth-order valence-corrected chi connectivity index (χ4v) is 5.03. The van der Waals surface area contributed by atoms with Crippen molar-refractivity contribution in [3.8, 4) is 11.3 Å². The first kappa shape index (κ1) is 20.0. The molecule has 6 nitrogen and oxygen atoms in total. The third-order valence-corrected chi connectivity index (χ3v) is 6.41. The van der Waals surface area contributed by atoms with Crippen molar-refractivity contribution in [2.45, 2.75) is 19.3 Å². The van der Waals surface area contributed by atoms with Gasteiger partial charge in [0.05, 0.1) is 20.9 Å². The van der Waals surface area contributed by atoms with Crippen LogP contribution in [0.4, 0.5) is 5.13 Å². The van der Waals surface area contributed by atoms with E-state index in [2.05, 4.69) is 20.3 Å². The number of thiophene rings is 1. The minimum Gasteiger partial charge on any atom is -0.310 e. The molecule has 10 heteroatoms. The predicted molar refractivity (Wildman–Crippen MR) is 119 cm³/mol. The number of amides is 1. The zero-order valence-electron chi connectivity index (χ0n) is 14.9. The van der Waals surface area contributed by atoms with Crippen molar-refractivity contribution in [2.24, 2.45) is 0 Å². The summed E-state index contributed by atoms with van der Waals surface area (Å²) in [6.45, 7) is 0. The van der Waals surface area contributed by atoms with E-state index < -0.39 is 0 Å². The van der Waals surface area contributed by atoms with Crippen LogP contribution >= 0.6 is 45.9 Å². The summed E-state index contributed by atoms with van der Waals surface area (Å²) in [5.41, 5.74) is 1.91. The summed E-state index contributed by atoms with van der Waals surface area (Å²) in [6.07, 6.45) is 1.34. The number of para-hydroxylation sites is 1. The zero-order valence-corrected chi connectivity index (χ0v) is 18.0. The van der Waals surface area contributed by atoms with Crippen molar-refractivity contribution in [3.63, 3.8) is 0 Å². The van der Waals surface area contributed by atoms with Gasteiger partial charge in [0.15, 0.2) is 5.13 Å². The number of fused-ring (bicyclic) bond motifs is 1. The topological polar surface area (TPSA) is 87.7 Å². The number of carbonyl (C=O) groups excluding carboxylic acids is 1. The molecule has 0 unspecified atom stereocenters. The van der Waals surface area contributed by atoms with Gasteiger partial charge < -0.3 is 10.3 Å². The number of aromatic amines is 1. The molecule has 1 amide bonds. The highest BCUT2D eigenvalue weighted by Gasteiger charge is 2.13. The van der Waals surface area contributed by atoms with Crippen LogP contribution in [0.2, 0.25) is 8.67 Å². The molecule has 4 rings (SSSR count). The highest BCUT2D eigenvalue weighted by molar-refractivity contribution is 7.20. The Balaban J connectivity index is 1.34. The fourth-order valence-electron chi connectivity index (χ4n) is 2.82. The van der Waals surface area contributed by atoms with Gasteiger partial charge in [-0.15, -0.1) is 22.7 Å². The number of carbonyl (C=O) groups is 1. The van der Waals surface area contributed by atoms with Crippen LogP contribution in [0.1, 0.15) is 18.7 Å². The Hall–Kier alpha value is -2.26. The maximum absolute atomic E-state index is 12.2. The van der Waals surface area contributed by atoms with Crippen LogP contribution in [0.25, 0.3) is 22.2 Å². The highest BCUT2D eigenvalue weighted by atomic mass is 35.5. The van der Waals surface area contributed by atoms with E-state index in [-0.39, 0.29) is 17.9 Å². The van der Waals surface area contributed by atoms with Gasteiger partial charge >= 0.3 is 0 Å². The molecule has 3 aromatic heterocycles. The summed E-state index contributed by atoms with van der Waals surface area (Å²) in [6, 6.07) is 8.93. The molecule has 0 saturated carbocycles. The summed E-state index contributed by atoms with van der Waals surface area (Å²) >= 11 is 14.7. The summed E-state index contributed by atoms with van der Waals surface area (Å²) in [5.74, 6) is 0.422. The normalized spacial score (nSPS) is 11.1. The maximum Gasteiger partial charge on any atom is 0.258 e. The second-order valence-electron chi connectivity index (χ2n) is 6.21. The first-order valence-corrected chi connectivity index (χ1v) is 11.1. The Labute approximate surface area is 183 Å². The molecule has 29 heavy (non-hydrogen) atoms.